The third-order valence-electron chi connectivity index (χ3n) is 5.32. The van der Waals surface area contributed by atoms with Crippen LogP contribution in [0.1, 0.15) is 124 Å². The first-order valence-corrected chi connectivity index (χ1v) is 11.5. The number of aliphatic hydroxyl groups is 2. The molecule has 6 nitrogen and oxygen atoms in total. The molecule has 4 N–H and O–H groups in total. The van der Waals surface area contributed by atoms with Crippen molar-refractivity contribution in [3.05, 3.63) is 0 Å². The molecule has 0 aliphatic rings. The molecular weight excluding hydrogens is 372 g/mol. The van der Waals surface area contributed by atoms with Crippen molar-refractivity contribution in [3.63, 3.8) is 0 Å². The maximum atomic E-state index is 11.0. The van der Waals surface area contributed by atoms with Crippen molar-refractivity contribution < 1.29 is 30.0 Å². The summed E-state index contributed by atoms with van der Waals surface area (Å²) in [6.07, 6.45) is 11.7. The summed E-state index contributed by atoms with van der Waals surface area (Å²) in [6.45, 7) is 8.19. The van der Waals surface area contributed by atoms with Crippen molar-refractivity contribution >= 4 is 11.9 Å². The Morgan fingerprint density at radius 3 is 0.966 bits per heavy atom. The Morgan fingerprint density at radius 2 is 0.759 bits per heavy atom. The molecule has 174 valence electrons. The van der Waals surface area contributed by atoms with Crippen LogP contribution in [0.15, 0.2) is 0 Å². The van der Waals surface area contributed by atoms with Crippen molar-refractivity contribution in [2.24, 2.45) is 0 Å². The molecule has 0 saturated heterocycles. The molecule has 0 aromatic heterocycles. The van der Waals surface area contributed by atoms with E-state index in [0.29, 0.717) is 25.7 Å². The second kappa shape index (κ2) is 17.7. The maximum Gasteiger partial charge on any atom is 0.335 e. The van der Waals surface area contributed by atoms with Crippen molar-refractivity contribution in [3.8, 4) is 0 Å². The van der Waals surface area contributed by atoms with Crippen molar-refractivity contribution in [2.75, 3.05) is 0 Å². The minimum absolute atomic E-state index is 0.378. The van der Waals surface area contributed by atoms with Crippen LogP contribution < -0.4 is 0 Å². The van der Waals surface area contributed by atoms with Gasteiger partial charge in [-0.25, -0.2) is 9.59 Å². The monoisotopic (exact) mass is 418 g/mol. The largest absolute Gasteiger partial charge is 0.479 e. The summed E-state index contributed by atoms with van der Waals surface area (Å²) in [5.74, 6) is -2.13. The molecule has 0 radical (unpaired) electrons. The van der Waals surface area contributed by atoms with E-state index >= 15 is 0 Å². The van der Waals surface area contributed by atoms with Crippen LogP contribution in [-0.2, 0) is 9.59 Å². The van der Waals surface area contributed by atoms with Crippen molar-refractivity contribution in [2.45, 2.75) is 135 Å². The Balaban J connectivity index is 0. The molecule has 0 heterocycles. The highest BCUT2D eigenvalue weighted by Crippen LogP contribution is 2.23. The highest BCUT2D eigenvalue weighted by molar-refractivity contribution is 5.77. The van der Waals surface area contributed by atoms with E-state index in [1.807, 2.05) is 6.92 Å². The Hall–Kier alpha value is -1.14. The van der Waals surface area contributed by atoms with Gasteiger partial charge in [0, 0.05) is 0 Å². The van der Waals surface area contributed by atoms with Gasteiger partial charge >= 0.3 is 11.9 Å². The van der Waals surface area contributed by atoms with E-state index in [1.54, 1.807) is 0 Å². The third-order valence-corrected chi connectivity index (χ3v) is 5.32. The number of rotatable bonds is 17. The van der Waals surface area contributed by atoms with E-state index in [0.717, 1.165) is 70.6 Å². The summed E-state index contributed by atoms with van der Waals surface area (Å²) in [4.78, 5) is 21.8. The standard InChI is InChI=1S/C12H24O3.C11H22O3/c1-3-5-7-9-12(15,11(13)14)10-8-6-4-2;1-3-5-7-9-11(14,10(12)13)8-6-4-2/h15H,3-10H2,1-2H3,(H,13,14);14H,3-9H2,1-2H3,(H,12,13). The fourth-order valence-corrected chi connectivity index (χ4v) is 3.15. The van der Waals surface area contributed by atoms with Gasteiger partial charge < -0.3 is 20.4 Å². The number of hydrogen-bond donors (Lipinski definition) is 4. The van der Waals surface area contributed by atoms with Crippen molar-refractivity contribution in [1.29, 1.82) is 0 Å². The van der Waals surface area contributed by atoms with Crippen molar-refractivity contribution in [1.82, 2.24) is 0 Å². The molecule has 6 heteroatoms. The Bertz CT molecular complexity index is 414. The van der Waals surface area contributed by atoms with Crippen LogP contribution in [-0.4, -0.2) is 43.6 Å². The summed E-state index contributed by atoms with van der Waals surface area (Å²) in [7, 11) is 0. The molecule has 0 fully saturated rings. The maximum absolute atomic E-state index is 11.0. The minimum Gasteiger partial charge on any atom is -0.479 e. The molecule has 0 aromatic rings. The van der Waals surface area contributed by atoms with Crippen LogP contribution in [0.3, 0.4) is 0 Å². The van der Waals surface area contributed by atoms with Gasteiger partial charge in [0.2, 0.25) is 0 Å². The first-order valence-electron chi connectivity index (χ1n) is 11.5. The molecule has 29 heavy (non-hydrogen) atoms. The van der Waals surface area contributed by atoms with Crippen LogP contribution in [0, 0.1) is 0 Å². The van der Waals surface area contributed by atoms with Crippen LogP contribution in [0.2, 0.25) is 0 Å². The van der Waals surface area contributed by atoms with Crippen LogP contribution >= 0.6 is 0 Å². The number of carbonyl (C=O) groups is 2. The average molecular weight is 419 g/mol. The van der Waals surface area contributed by atoms with Gasteiger partial charge in [0.15, 0.2) is 11.2 Å². The number of carboxylic acids is 2. The third kappa shape index (κ3) is 14.5. The highest BCUT2D eigenvalue weighted by atomic mass is 16.4. The molecule has 0 aromatic carbocycles. The quantitative estimate of drug-likeness (QED) is 0.231. The first kappa shape index (κ1) is 30.1. The molecule has 0 rings (SSSR count). The van der Waals surface area contributed by atoms with E-state index in [2.05, 4.69) is 20.8 Å². The van der Waals surface area contributed by atoms with Gasteiger partial charge in [-0.1, -0.05) is 79.1 Å². The van der Waals surface area contributed by atoms with E-state index in [4.69, 9.17) is 10.2 Å². The lowest BCUT2D eigenvalue weighted by atomic mass is 9.90. The lowest BCUT2D eigenvalue weighted by Crippen LogP contribution is -2.38. The molecular formula is C23H46O6. The second-order valence-corrected chi connectivity index (χ2v) is 8.15. The predicted octanol–water partition coefficient (Wildman–Crippen LogP) is 5.54. The van der Waals surface area contributed by atoms with Gasteiger partial charge in [0.05, 0.1) is 0 Å². The number of carboxylic acid groups (broad SMARTS) is 2. The Morgan fingerprint density at radius 1 is 0.517 bits per heavy atom. The first-order chi connectivity index (χ1) is 13.6. The minimum atomic E-state index is -1.48. The number of hydrogen-bond acceptors (Lipinski definition) is 4. The van der Waals surface area contributed by atoms with Gasteiger partial charge in [-0.05, 0) is 44.9 Å². The second-order valence-electron chi connectivity index (χ2n) is 8.15. The molecule has 1 atom stereocenters. The predicted molar refractivity (Wildman–Crippen MR) is 117 cm³/mol. The summed E-state index contributed by atoms with van der Waals surface area (Å²) < 4.78 is 0. The van der Waals surface area contributed by atoms with Gasteiger partial charge in [-0.15, -0.1) is 0 Å². The normalized spacial score (nSPS) is 13.3. The van der Waals surface area contributed by atoms with E-state index in [1.165, 1.54) is 0 Å². The molecule has 0 saturated carbocycles. The lowest BCUT2D eigenvalue weighted by Gasteiger charge is -2.23. The average Bonchev–Trinajstić information content (AvgIpc) is 2.67. The van der Waals surface area contributed by atoms with Gasteiger partial charge in [-0.3, -0.25) is 0 Å². The van der Waals surface area contributed by atoms with E-state index in [-0.39, 0.29) is 0 Å². The summed E-state index contributed by atoms with van der Waals surface area (Å²) in [5.41, 5.74) is -2.96. The number of aliphatic carboxylic acids is 2. The van der Waals surface area contributed by atoms with E-state index < -0.39 is 23.1 Å². The zero-order valence-corrected chi connectivity index (χ0v) is 19.2. The molecule has 0 amide bonds. The SMILES string of the molecule is CCCCCC(O)(CCCC)C(=O)O.CCCCCC(O)(CCCCC)C(=O)O. The fourth-order valence-electron chi connectivity index (χ4n) is 3.15. The van der Waals surface area contributed by atoms with Crippen LogP contribution in [0.5, 0.6) is 0 Å². The molecule has 0 aliphatic heterocycles. The molecule has 0 bridgehead atoms. The molecule has 0 aliphatic carbocycles. The number of unbranched alkanes of at least 4 members (excludes halogenated alkanes) is 7. The van der Waals surface area contributed by atoms with Gasteiger partial charge in [0.1, 0.15) is 0 Å². The zero-order valence-electron chi connectivity index (χ0n) is 19.2. The smallest absolute Gasteiger partial charge is 0.335 e. The lowest BCUT2D eigenvalue weighted by molar-refractivity contribution is -0.160. The summed E-state index contributed by atoms with van der Waals surface area (Å²) in [5, 5.41) is 37.7. The Kier molecular flexibility index (Phi) is 18.3. The zero-order chi connectivity index (χ0) is 22.8. The summed E-state index contributed by atoms with van der Waals surface area (Å²) >= 11 is 0. The van der Waals surface area contributed by atoms with Crippen LogP contribution in [0.4, 0.5) is 0 Å². The van der Waals surface area contributed by atoms with Gasteiger partial charge in [0.25, 0.3) is 0 Å². The Labute approximate surface area is 177 Å². The van der Waals surface area contributed by atoms with Gasteiger partial charge in [-0.2, -0.15) is 0 Å². The van der Waals surface area contributed by atoms with Crippen LogP contribution in [0.25, 0.3) is 0 Å². The topological polar surface area (TPSA) is 115 Å². The fraction of sp³-hybridized carbons (Fsp3) is 0.913. The molecule has 1 unspecified atom stereocenters. The molecule has 0 spiro atoms. The van der Waals surface area contributed by atoms with E-state index in [9.17, 15) is 19.8 Å². The summed E-state index contributed by atoms with van der Waals surface area (Å²) in [6, 6.07) is 0. The highest BCUT2D eigenvalue weighted by Gasteiger charge is 2.34.